The molecule has 16 heteroatoms. The van der Waals surface area contributed by atoms with E-state index in [0.29, 0.717) is 79.3 Å². The molecule has 0 radical (unpaired) electrons. The molecule has 12 nitrogen and oxygen atoms in total. The maximum atomic E-state index is 5.91. The second kappa shape index (κ2) is 35.8. The Hall–Kier alpha value is 0.388. The average Bonchev–Trinajstić information content (AvgIpc) is 3.10. The molecule has 0 aromatic heterocycles. The van der Waals surface area contributed by atoms with Gasteiger partial charge < -0.3 is 53.1 Å². The van der Waals surface area contributed by atoms with Gasteiger partial charge in [0.15, 0.2) is 0 Å². The summed E-state index contributed by atoms with van der Waals surface area (Å²) in [5, 5.41) is 0. The minimum absolute atomic E-state index is 0.636. The van der Waals surface area contributed by atoms with Gasteiger partial charge in [-0.1, -0.05) is 25.7 Å². The first-order valence-corrected chi connectivity index (χ1v) is 28.5. The second-order valence-corrected chi connectivity index (χ2v) is 22.7. The van der Waals surface area contributed by atoms with Crippen molar-refractivity contribution >= 4 is 35.2 Å². The van der Waals surface area contributed by atoms with Crippen molar-refractivity contribution in [2.75, 3.05) is 79.3 Å². The third kappa shape index (κ3) is 24.8. The van der Waals surface area contributed by atoms with Crippen LogP contribution in [0.3, 0.4) is 0 Å². The summed E-state index contributed by atoms with van der Waals surface area (Å²) in [6, 6.07) is 3.53. The Morgan fingerprint density at radius 1 is 0.192 bits per heavy atom. The van der Waals surface area contributed by atoms with Crippen molar-refractivity contribution in [3.63, 3.8) is 0 Å². The number of unbranched alkanes of at least 4 members (excludes halogenated alkanes) is 6. The van der Waals surface area contributed by atoms with Gasteiger partial charge in [0, 0.05) is 103 Å². The summed E-state index contributed by atoms with van der Waals surface area (Å²) >= 11 is 0. The SMILES string of the molecule is CCO[Si](CCCCCC[Si](OCC)(OCC)OCC)(OCC)OCC.CCO[Si](CCCCCC[Si](OCC)(OCC)OCC)(OCC)OCC. The Kier molecular flexibility index (Phi) is 37.5. The molecule has 0 atom stereocenters. The summed E-state index contributed by atoms with van der Waals surface area (Å²) in [4.78, 5) is 0. The minimum Gasteiger partial charge on any atom is -0.374 e. The predicted octanol–water partition coefficient (Wildman–Crippen LogP) is 9.29. The molecule has 0 heterocycles. The van der Waals surface area contributed by atoms with Gasteiger partial charge in [0.05, 0.1) is 0 Å². The van der Waals surface area contributed by atoms with Gasteiger partial charge in [0.2, 0.25) is 0 Å². The fraction of sp³-hybridized carbons (Fsp3) is 1.00. The molecule has 0 spiro atoms. The zero-order valence-electron chi connectivity index (χ0n) is 35.9. The number of hydrogen-bond acceptors (Lipinski definition) is 12. The lowest BCUT2D eigenvalue weighted by Gasteiger charge is -2.29. The van der Waals surface area contributed by atoms with E-state index in [9.17, 15) is 0 Å². The Morgan fingerprint density at radius 2 is 0.308 bits per heavy atom. The largest absolute Gasteiger partial charge is 0.500 e. The van der Waals surface area contributed by atoms with Crippen LogP contribution in [0.15, 0.2) is 0 Å². The summed E-state index contributed by atoms with van der Waals surface area (Å²) in [6.07, 6.45) is 8.70. The van der Waals surface area contributed by atoms with Gasteiger partial charge in [-0.3, -0.25) is 0 Å². The molecule has 0 aromatic rings. The standard InChI is InChI=1S/2C18H42O6Si2/c2*1-7-19-25(20-8-2,21-9-3)17-15-13-14-16-18-26(22-10-4,23-11-5)24-12-6/h2*7-18H2,1-6H3. The van der Waals surface area contributed by atoms with Crippen LogP contribution in [0, 0.1) is 0 Å². The molecule has 0 N–H and O–H groups in total. The van der Waals surface area contributed by atoms with E-state index in [1.165, 1.54) is 0 Å². The highest BCUT2D eigenvalue weighted by Gasteiger charge is 2.42. The predicted molar refractivity (Wildman–Crippen MR) is 219 cm³/mol. The van der Waals surface area contributed by atoms with Crippen molar-refractivity contribution in [1.29, 1.82) is 0 Å². The number of rotatable bonds is 38. The van der Waals surface area contributed by atoms with Crippen molar-refractivity contribution in [3.8, 4) is 0 Å². The molecular formula is C36H84O12Si4. The van der Waals surface area contributed by atoms with E-state index in [2.05, 4.69) is 0 Å². The van der Waals surface area contributed by atoms with Crippen LogP contribution in [0.5, 0.6) is 0 Å². The van der Waals surface area contributed by atoms with E-state index in [1.54, 1.807) is 0 Å². The summed E-state index contributed by atoms with van der Waals surface area (Å²) in [5.74, 6) is 0. The van der Waals surface area contributed by atoms with E-state index >= 15 is 0 Å². The Bertz CT molecular complexity index is 572. The molecule has 0 unspecified atom stereocenters. The third-order valence-corrected chi connectivity index (χ3v) is 20.4. The zero-order valence-corrected chi connectivity index (χ0v) is 39.9. The summed E-state index contributed by atoms with van der Waals surface area (Å²) in [7, 11) is -9.98. The lowest BCUT2D eigenvalue weighted by atomic mass is 10.2. The Balaban J connectivity index is 0. The lowest BCUT2D eigenvalue weighted by molar-refractivity contribution is 0.0688. The van der Waals surface area contributed by atoms with Gasteiger partial charge in [-0.2, -0.15) is 0 Å². The topological polar surface area (TPSA) is 111 Å². The smallest absolute Gasteiger partial charge is 0.374 e. The van der Waals surface area contributed by atoms with Crippen molar-refractivity contribution < 1.29 is 53.1 Å². The maximum absolute atomic E-state index is 5.91. The first kappa shape index (κ1) is 54.5. The molecule has 0 aliphatic rings. The molecule has 0 fully saturated rings. The van der Waals surface area contributed by atoms with Crippen LogP contribution in [-0.2, 0) is 53.1 Å². The van der Waals surface area contributed by atoms with Gasteiger partial charge in [0.1, 0.15) is 0 Å². The molecule has 0 bridgehead atoms. The minimum atomic E-state index is -2.50. The van der Waals surface area contributed by atoms with Crippen LogP contribution in [0.2, 0.25) is 24.2 Å². The highest BCUT2D eigenvalue weighted by Crippen LogP contribution is 2.25. The van der Waals surface area contributed by atoms with E-state index in [0.717, 1.165) is 75.5 Å². The Labute approximate surface area is 325 Å². The van der Waals surface area contributed by atoms with Crippen molar-refractivity contribution in [1.82, 2.24) is 0 Å². The highest BCUT2D eigenvalue weighted by atomic mass is 28.4. The van der Waals surface area contributed by atoms with Crippen molar-refractivity contribution in [3.05, 3.63) is 0 Å². The normalized spacial score (nSPS) is 12.7. The summed E-state index contributed by atoms with van der Waals surface area (Å²) < 4.78 is 70.9. The molecule has 0 saturated carbocycles. The molecule has 0 saturated heterocycles. The van der Waals surface area contributed by atoms with Crippen molar-refractivity contribution in [2.45, 2.75) is 159 Å². The summed E-state index contributed by atoms with van der Waals surface area (Å²) in [5.41, 5.74) is 0. The molecular weight excluding hydrogens is 737 g/mol. The summed E-state index contributed by atoms with van der Waals surface area (Å²) in [6.45, 7) is 31.6. The molecule has 0 aliphatic carbocycles. The molecule has 0 amide bonds. The quantitative estimate of drug-likeness (QED) is 0.0437. The third-order valence-electron chi connectivity index (χ3n) is 7.80. The van der Waals surface area contributed by atoms with Gasteiger partial charge in [-0.25, -0.2) is 0 Å². The highest BCUT2D eigenvalue weighted by molar-refractivity contribution is 6.61. The van der Waals surface area contributed by atoms with Gasteiger partial charge >= 0.3 is 35.2 Å². The zero-order chi connectivity index (χ0) is 39.5. The van der Waals surface area contributed by atoms with Crippen molar-refractivity contribution in [2.24, 2.45) is 0 Å². The Morgan fingerprint density at radius 3 is 0.404 bits per heavy atom. The number of hydrogen-bond donors (Lipinski definition) is 0. The van der Waals surface area contributed by atoms with Crippen LogP contribution in [0.1, 0.15) is 134 Å². The second-order valence-electron chi connectivity index (χ2n) is 11.8. The monoisotopic (exact) mass is 821 g/mol. The van der Waals surface area contributed by atoms with Crippen LogP contribution in [0.25, 0.3) is 0 Å². The maximum Gasteiger partial charge on any atom is 0.500 e. The molecule has 316 valence electrons. The van der Waals surface area contributed by atoms with Crippen LogP contribution < -0.4 is 0 Å². The van der Waals surface area contributed by atoms with Crippen LogP contribution >= 0.6 is 0 Å². The van der Waals surface area contributed by atoms with Crippen LogP contribution in [-0.4, -0.2) is 115 Å². The molecule has 52 heavy (non-hydrogen) atoms. The van der Waals surface area contributed by atoms with E-state index in [4.69, 9.17) is 53.1 Å². The van der Waals surface area contributed by atoms with E-state index in [-0.39, 0.29) is 0 Å². The van der Waals surface area contributed by atoms with Gasteiger partial charge in [-0.05, 0) is 109 Å². The van der Waals surface area contributed by atoms with Crippen LogP contribution in [0.4, 0.5) is 0 Å². The van der Waals surface area contributed by atoms with Gasteiger partial charge in [0.25, 0.3) is 0 Å². The molecule has 0 rings (SSSR count). The van der Waals surface area contributed by atoms with E-state index < -0.39 is 35.2 Å². The fourth-order valence-corrected chi connectivity index (χ4v) is 16.8. The molecule has 0 aliphatic heterocycles. The lowest BCUT2D eigenvalue weighted by Crippen LogP contribution is -2.46. The fourth-order valence-electron chi connectivity index (χ4n) is 6.08. The average molecular weight is 821 g/mol. The first-order valence-electron chi connectivity index (χ1n) is 20.8. The van der Waals surface area contributed by atoms with Gasteiger partial charge in [-0.15, -0.1) is 0 Å². The van der Waals surface area contributed by atoms with E-state index in [1.807, 2.05) is 83.1 Å². The first-order chi connectivity index (χ1) is 25.1. The molecule has 0 aromatic carbocycles.